The minimum absolute atomic E-state index is 0.186. The Labute approximate surface area is 161 Å². The fourth-order valence-electron chi connectivity index (χ4n) is 3.07. The summed E-state index contributed by atoms with van der Waals surface area (Å²) in [7, 11) is 1.59. The predicted octanol–water partition coefficient (Wildman–Crippen LogP) is 3.26. The van der Waals surface area contributed by atoms with Gasteiger partial charge >= 0.3 is 0 Å². The zero-order valence-corrected chi connectivity index (χ0v) is 15.5. The molecule has 28 heavy (non-hydrogen) atoms. The first-order chi connectivity index (χ1) is 13.8. The maximum Gasteiger partial charge on any atom is 0.259 e. The van der Waals surface area contributed by atoms with E-state index in [0.29, 0.717) is 40.4 Å². The maximum atomic E-state index is 12.5. The Balaban J connectivity index is 1.64. The first-order valence-corrected chi connectivity index (χ1v) is 9.01. The monoisotopic (exact) mass is 376 g/mol. The summed E-state index contributed by atoms with van der Waals surface area (Å²) in [5.74, 6) is 1.61. The van der Waals surface area contributed by atoms with E-state index in [0.717, 1.165) is 13.0 Å². The van der Waals surface area contributed by atoms with Crippen molar-refractivity contribution >= 4 is 10.9 Å². The topological polar surface area (TPSA) is 82.0 Å². The number of ether oxygens (including phenoxy) is 2. The lowest BCUT2D eigenvalue weighted by atomic mass is 10.1. The van der Waals surface area contributed by atoms with Crippen molar-refractivity contribution in [3.05, 3.63) is 71.5 Å². The van der Waals surface area contributed by atoms with Crippen molar-refractivity contribution in [2.75, 3.05) is 13.7 Å². The van der Waals surface area contributed by atoms with Crippen LogP contribution in [0.3, 0.4) is 0 Å². The molecule has 0 atom stereocenters. The zero-order chi connectivity index (χ0) is 19.3. The van der Waals surface area contributed by atoms with Gasteiger partial charge in [0.15, 0.2) is 11.5 Å². The Bertz CT molecular complexity index is 1140. The van der Waals surface area contributed by atoms with Crippen molar-refractivity contribution in [1.29, 1.82) is 0 Å². The van der Waals surface area contributed by atoms with E-state index in [-0.39, 0.29) is 5.56 Å². The quantitative estimate of drug-likeness (QED) is 0.501. The highest BCUT2D eigenvalue weighted by Crippen LogP contribution is 2.36. The van der Waals surface area contributed by atoms with Crippen molar-refractivity contribution < 1.29 is 9.47 Å². The number of hydrogen-bond acceptors (Lipinski definition) is 5. The third kappa shape index (κ3) is 3.59. The van der Waals surface area contributed by atoms with E-state index in [1.807, 2.05) is 47.2 Å². The summed E-state index contributed by atoms with van der Waals surface area (Å²) in [6.07, 6.45) is 6.24. The summed E-state index contributed by atoms with van der Waals surface area (Å²) in [6, 6.07) is 12.8. The number of imidazole rings is 1. The van der Waals surface area contributed by atoms with Crippen molar-refractivity contribution in [1.82, 2.24) is 19.5 Å². The van der Waals surface area contributed by atoms with E-state index >= 15 is 0 Å². The van der Waals surface area contributed by atoms with E-state index in [4.69, 9.17) is 9.47 Å². The van der Waals surface area contributed by atoms with Crippen LogP contribution in [0.25, 0.3) is 22.3 Å². The molecule has 142 valence electrons. The summed E-state index contributed by atoms with van der Waals surface area (Å²) in [4.78, 5) is 24.0. The Hall–Kier alpha value is -3.61. The van der Waals surface area contributed by atoms with Crippen molar-refractivity contribution in [2.45, 2.75) is 13.0 Å². The third-order valence-corrected chi connectivity index (χ3v) is 4.43. The average molecular weight is 376 g/mol. The van der Waals surface area contributed by atoms with Gasteiger partial charge in [-0.2, -0.15) is 0 Å². The van der Waals surface area contributed by atoms with E-state index < -0.39 is 0 Å². The zero-order valence-electron chi connectivity index (χ0n) is 15.5. The highest BCUT2D eigenvalue weighted by atomic mass is 16.5. The molecule has 0 bridgehead atoms. The molecule has 0 spiro atoms. The van der Waals surface area contributed by atoms with Gasteiger partial charge in [0.1, 0.15) is 5.82 Å². The minimum Gasteiger partial charge on any atom is -0.493 e. The molecule has 0 amide bonds. The number of fused-ring (bicyclic) bond motifs is 1. The molecule has 0 fully saturated rings. The second-order valence-electron chi connectivity index (χ2n) is 6.27. The van der Waals surface area contributed by atoms with Gasteiger partial charge in [0, 0.05) is 18.9 Å². The van der Waals surface area contributed by atoms with Gasteiger partial charge in [-0.25, -0.2) is 9.97 Å². The van der Waals surface area contributed by atoms with Crippen LogP contribution in [0.2, 0.25) is 0 Å². The fourth-order valence-corrected chi connectivity index (χ4v) is 3.07. The largest absolute Gasteiger partial charge is 0.493 e. The van der Waals surface area contributed by atoms with Gasteiger partial charge in [0.05, 0.1) is 36.5 Å². The summed E-state index contributed by atoms with van der Waals surface area (Å²) < 4.78 is 13.5. The number of H-pyrrole nitrogens is 1. The normalized spacial score (nSPS) is 10.9. The van der Waals surface area contributed by atoms with Crippen LogP contribution >= 0.6 is 0 Å². The lowest BCUT2D eigenvalue weighted by Gasteiger charge is -2.15. The number of nitrogens with one attached hydrogen (secondary N) is 1. The van der Waals surface area contributed by atoms with Crippen LogP contribution in [0.15, 0.2) is 66.0 Å². The van der Waals surface area contributed by atoms with Crippen LogP contribution in [-0.2, 0) is 6.54 Å². The SMILES string of the molecule is COc1cccc(-c2nc3ccccc3c(=O)[nH]2)c1OCCCn1ccnc1. The molecule has 4 aromatic rings. The number of aromatic nitrogens is 4. The smallest absolute Gasteiger partial charge is 0.259 e. The molecule has 0 aliphatic rings. The Morgan fingerprint density at radius 2 is 2.04 bits per heavy atom. The number of aryl methyl sites for hydroxylation is 1. The molecule has 2 aromatic carbocycles. The van der Waals surface area contributed by atoms with Gasteiger partial charge in [-0.05, 0) is 30.7 Å². The third-order valence-electron chi connectivity index (χ3n) is 4.43. The molecule has 1 N–H and O–H groups in total. The maximum absolute atomic E-state index is 12.5. The second-order valence-corrected chi connectivity index (χ2v) is 6.27. The Morgan fingerprint density at radius 3 is 2.86 bits per heavy atom. The van der Waals surface area contributed by atoms with Crippen LogP contribution in [-0.4, -0.2) is 33.2 Å². The van der Waals surface area contributed by atoms with Gasteiger partial charge in [-0.15, -0.1) is 0 Å². The van der Waals surface area contributed by atoms with Crippen LogP contribution in [0.5, 0.6) is 11.5 Å². The van der Waals surface area contributed by atoms with Crippen LogP contribution < -0.4 is 15.0 Å². The van der Waals surface area contributed by atoms with E-state index in [2.05, 4.69) is 15.0 Å². The molecule has 4 rings (SSSR count). The van der Waals surface area contributed by atoms with Crippen molar-refractivity contribution in [3.8, 4) is 22.9 Å². The first kappa shape index (κ1) is 17.8. The first-order valence-electron chi connectivity index (χ1n) is 9.01. The molecule has 0 unspecified atom stereocenters. The molecule has 0 saturated carbocycles. The minimum atomic E-state index is -0.186. The summed E-state index contributed by atoms with van der Waals surface area (Å²) in [5, 5.41) is 0.553. The number of nitrogens with zero attached hydrogens (tertiary/aromatic N) is 3. The summed E-state index contributed by atoms with van der Waals surface area (Å²) in [6.45, 7) is 1.29. The summed E-state index contributed by atoms with van der Waals surface area (Å²) in [5.41, 5.74) is 1.13. The van der Waals surface area contributed by atoms with Crippen LogP contribution in [0.4, 0.5) is 0 Å². The van der Waals surface area contributed by atoms with Crippen LogP contribution in [0.1, 0.15) is 6.42 Å². The second kappa shape index (κ2) is 7.96. The number of aromatic amines is 1. The fraction of sp³-hybridized carbons (Fsp3) is 0.190. The molecule has 2 heterocycles. The van der Waals surface area contributed by atoms with E-state index in [9.17, 15) is 4.79 Å². The Morgan fingerprint density at radius 1 is 1.14 bits per heavy atom. The molecular formula is C21H20N4O3. The standard InChI is InChI=1S/C21H20N4O3/c1-27-18-9-4-7-16(19(18)28-13-5-11-25-12-10-22-14-25)20-23-17-8-3-2-6-15(17)21(26)24-20/h2-4,6-10,12,14H,5,11,13H2,1H3,(H,23,24,26). The molecule has 0 radical (unpaired) electrons. The molecule has 0 saturated heterocycles. The number of hydrogen-bond donors (Lipinski definition) is 1. The van der Waals surface area contributed by atoms with Gasteiger partial charge in [-0.1, -0.05) is 18.2 Å². The van der Waals surface area contributed by atoms with Gasteiger partial charge in [0.25, 0.3) is 5.56 Å². The van der Waals surface area contributed by atoms with Gasteiger partial charge < -0.3 is 19.0 Å². The van der Waals surface area contributed by atoms with Crippen LogP contribution in [0, 0.1) is 0 Å². The number of methoxy groups -OCH3 is 1. The highest BCUT2D eigenvalue weighted by molar-refractivity contribution is 5.80. The summed E-state index contributed by atoms with van der Waals surface area (Å²) >= 11 is 0. The number of benzene rings is 2. The molecule has 2 aromatic heterocycles. The molecule has 0 aliphatic carbocycles. The number of rotatable bonds is 7. The molecule has 0 aliphatic heterocycles. The van der Waals surface area contributed by atoms with Crippen molar-refractivity contribution in [2.24, 2.45) is 0 Å². The van der Waals surface area contributed by atoms with E-state index in [1.165, 1.54) is 0 Å². The lowest BCUT2D eigenvalue weighted by Crippen LogP contribution is -2.10. The lowest BCUT2D eigenvalue weighted by molar-refractivity contribution is 0.283. The van der Waals surface area contributed by atoms with Crippen molar-refractivity contribution in [3.63, 3.8) is 0 Å². The Kier molecular flexibility index (Phi) is 5.05. The average Bonchev–Trinajstić information content (AvgIpc) is 3.24. The predicted molar refractivity (Wildman–Crippen MR) is 107 cm³/mol. The molecule has 7 heteroatoms. The highest BCUT2D eigenvalue weighted by Gasteiger charge is 2.15. The molecule has 7 nitrogen and oxygen atoms in total. The van der Waals surface area contributed by atoms with Gasteiger partial charge in [0.2, 0.25) is 0 Å². The molecular weight excluding hydrogens is 356 g/mol. The van der Waals surface area contributed by atoms with Gasteiger partial charge in [-0.3, -0.25) is 4.79 Å². The number of para-hydroxylation sites is 2. The van der Waals surface area contributed by atoms with E-state index in [1.54, 1.807) is 25.7 Å².